The Morgan fingerprint density at radius 2 is 2.05 bits per heavy atom. The summed E-state index contributed by atoms with van der Waals surface area (Å²) in [5.74, 6) is -0.316. The van der Waals surface area contributed by atoms with Crippen LogP contribution in [0.3, 0.4) is 0 Å². The van der Waals surface area contributed by atoms with Gasteiger partial charge in [-0.1, -0.05) is 6.92 Å². The second kappa shape index (κ2) is 5.06. The van der Waals surface area contributed by atoms with Crippen LogP contribution in [0.25, 0.3) is 11.1 Å². The van der Waals surface area contributed by atoms with Crippen molar-refractivity contribution in [3.05, 3.63) is 22.0 Å². The molecular formula is C13H16N2O4S. The molecule has 0 aliphatic rings. The molecule has 2 aromatic rings. The van der Waals surface area contributed by atoms with Crippen LogP contribution in [0, 0.1) is 0 Å². The van der Waals surface area contributed by atoms with E-state index in [9.17, 15) is 14.5 Å². The van der Waals surface area contributed by atoms with Gasteiger partial charge in [0.05, 0.1) is 0 Å². The Kier molecular flexibility index (Phi) is 3.75. The van der Waals surface area contributed by atoms with Crippen molar-refractivity contribution < 1.29 is 14.1 Å². The molecule has 1 N–H and O–H groups in total. The van der Waals surface area contributed by atoms with E-state index < -0.39 is 21.5 Å². The highest BCUT2D eigenvalue weighted by Gasteiger charge is 2.32. The van der Waals surface area contributed by atoms with Gasteiger partial charge >= 0.3 is 10.8 Å². The Hall–Kier alpha value is -1.60. The Bertz CT molecular complexity index is 706. The Labute approximate surface area is 119 Å². The van der Waals surface area contributed by atoms with E-state index in [1.807, 2.05) is 6.92 Å². The maximum atomic E-state index is 12.3. The number of fused-ring (bicyclic) bond motifs is 1. The van der Waals surface area contributed by atoms with E-state index in [4.69, 9.17) is 4.42 Å². The van der Waals surface area contributed by atoms with Crippen molar-refractivity contribution in [1.82, 2.24) is 9.97 Å². The molecule has 2 heterocycles. The van der Waals surface area contributed by atoms with Gasteiger partial charge in [-0.2, -0.15) is 0 Å². The number of aromatic hydroxyl groups is 1. The first-order valence-electron chi connectivity index (χ1n) is 6.19. The van der Waals surface area contributed by atoms with Crippen LogP contribution in [0.15, 0.2) is 20.4 Å². The first-order valence-corrected chi connectivity index (χ1v) is 7.34. The summed E-state index contributed by atoms with van der Waals surface area (Å²) in [4.78, 5) is 19.4. The minimum Gasteiger partial charge on any atom is -0.609 e. The van der Waals surface area contributed by atoms with Crippen LogP contribution in [0.1, 0.15) is 33.3 Å². The number of nitrogens with zero attached hydrogens (tertiary/aromatic N) is 2. The van der Waals surface area contributed by atoms with Crippen molar-refractivity contribution in [2.24, 2.45) is 0 Å². The molecule has 0 bridgehead atoms. The third-order valence-corrected chi connectivity index (χ3v) is 4.38. The normalized spacial score (nSPS) is 13.7. The zero-order valence-electron chi connectivity index (χ0n) is 11.8. The molecule has 0 aliphatic carbocycles. The van der Waals surface area contributed by atoms with Crippen molar-refractivity contribution >= 4 is 22.3 Å². The Morgan fingerprint density at radius 3 is 2.60 bits per heavy atom. The van der Waals surface area contributed by atoms with Crippen molar-refractivity contribution in [2.45, 2.75) is 44.0 Å². The molecule has 0 saturated heterocycles. The smallest absolute Gasteiger partial charge is 0.349 e. The lowest BCUT2D eigenvalue weighted by atomic mass is 10.1. The van der Waals surface area contributed by atoms with Gasteiger partial charge in [-0.15, -0.1) is 9.97 Å². The fourth-order valence-electron chi connectivity index (χ4n) is 1.74. The summed E-state index contributed by atoms with van der Waals surface area (Å²) in [5, 5.41) is 10.3. The van der Waals surface area contributed by atoms with Crippen LogP contribution in [0.5, 0.6) is 5.88 Å². The zero-order valence-corrected chi connectivity index (χ0v) is 12.6. The first-order chi connectivity index (χ1) is 9.24. The zero-order chi connectivity index (χ0) is 15.1. The van der Waals surface area contributed by atoms with Crippen molar-refractivity contribution in [3.63, 3.8) is 0 Å². The molecule has 0 spiro atoms. The van der Waals surface area contributed by atoms with Crippen LogP contribution >= 0.6 is 0 Å². The highest BCUT2D eigenvalue weighted by molar-refractivity contribution is 7.92. The summed E-state index contributed by atoms with van der Waals surface area (Å²) in [7, 11) is 0. The molecule has 108 valence electrons. The fourth-order valence-corrected chi connectivity index (χ4v) is 2.62. The molecule has 1 atom stereocenters. The van der Waals surface area contributed by atoms with Gasteiger partial charge in [-0.3, -0.25) is 0 Å². The van der Waals surface area contributed by atoms with Gasteiger partial charge in [0.1, 0.15) is 10.1 Å². The van der Waals surface area contributed by atoms with Gasteiger partial charge in [0.25, 0.3) is 0 Å². The lowest BCUT2D eigenvalue weighted by Crippen LogP contribution is -2.29. The minimum atomic E-state index is -1.53. The molecule has 0 amide bonds. The highest BCUT2D eigenvalue weighted by Crippen LogP contribution is 2.29. The van der Waals surface area contributed by atoms with Crippen LogP contribution in [0.2, 0.25) is 0 Å². The molecule has 6 nitrogen and oxygen atoms in total. The lowest BCUT2D eigenvalue weighted by Gasteiger charge is -2.21. The number of hydrogen-bond donors (Lipinski definition) is 1. The maximum Gasteiger partial charge on any atom is 0.349 e. The molecule has 0 saturated carbocycles. The Balaban J connectivity index is 2.73. The van der Waals surface area contributed by atoms with Gasteiger partial charge in [0.15, 0.2) is 0 Å². The van der Waals surface area contributed by atoms with Gasteiger partial charge < -0.3 is 14.1 Å². The summed E-state index contributed by atoms with van der Waals surface area (Å²) < 4.78 is 16.7. The molecular weight excluding hydrogens is 280 g/mol. The van der Waals surface area contributed by atoms with Crippen LogP contribution in [0.4, 0.5) is 0 Å². The molecule has 20 heavy (non-hydrogen) atoms. The highest BCUT2D eigenvalue weighted by atomic mass is 32.2. The average molecular weight is 296 g/mol. The number of hydrogen-bond acceptors (Lipinski definition) is 6. The summed E-state index contributed by atoms with van der Waals surface area (Å²) in [5.41, 5.74) is 0.0104. The first kappa shape index (κ1) is 14.8. The topological polar surface area (TPSA) is 99.3 Å². The van der Waals surface area contributed by atoms with E-state index in [1.165, 1.54) is 6.07 Å². The number of aromatic nitrogens is 2. The molecule has 0 fully saturated rings. The minimum absolute atomic E-state index is 0.0329. The van der Waals surface area contributed by atoms with Crippen molar-refractivity contribution in [3.8, 4) is 5.88 Å². The van der Waals surface area contributed by atoms with E-state index in [1.54, 1.807) is 20.8 Å². The predicted octanol–water partition coefficient (Wildman–Crippen LogP) is 1.76. The number of rotatable bonds is 2. The monoisotopic (exact) mass is 296 g/mol. The summed E-state index contributed by atoms with van der Waals surface area (Å²) >= 11 is -1.53. The van der Waals surface area contributed by atoms with Crippen LogP contribution in [-0.4, -0.2) is 24.4 Å². The summed E-state index contributed by atoms with van der Waals surface area (Å²) in [6, 6.07) is 1.30. The van der Waals surface area contributed by atoms with E-state index in [0.29, 0.717) is 17.4 Å². The molecule has 1 unspecified atom stereocenters. The van der Waals surface area contributed by atoms with Gasteiger partial charge in [-0.05, 0) is 32.8 Å². The Morgan fingerprint density at radius 1 is 1.40 bits per heavy atom. The molecule has 0 radical (unpaired) electrons. The molecule has 0 aliphatic heterocycles. The van der Waals surface area contributed by atoms with Crippen LogP contribution in [-0.2, 0) is 17.6 Å². The van der Waals surface area contributed by atoms with Gasteiger partial charge in [0, 0.05) is 17.2 Å². The standard InChI is InChI=1S/C13H16N2O4S/c1-5-7-6-8(16)19-11-9(7)10(17)14-12(15-11)20(18)13(2,3)4/h6H,5H2,1-4H3,(H,14,15,17). The third kappa shape index (κ3) is 2.64. The second-order valence-electron chi connectivity index (χ2n) is 5.34. The number of aryl methyl sites for hydroxylation is 1. The van der Waals surface area contributed by atoms with Crippen LogP contribution < -0.4 is 5.63 Å². The lowest BCUT2D eigenvalue weighted by molar-refractivity contribution is 0.444. The van der Waals surface area contributed by atoms with Crippen molar-refractivity contribution in [1.29, 1.82) is 0 Å². The summed E-state index contributed by atoms with van der Waals surface area (Å²) in [6.07, 6.45) is 0.528. The maximum absolute atomic E-state index is 12.3. The molecule has 0 aromatic carbocycles. The van der Waals surface area contributed by atoms with E-state index in [2.05, 4.69) is 9.97 Å². The quantitative estimate of drug-likeness (QED) is 0.669. The molecule has 2 rings (SSSR count). The van der Waals surface area contributed by atoms with E-state index >= 15 is 0 Å². The third-order valence-electron chi connectivity index (χ3n) is 2.75. The average Bonchev–Trinajstić information content (AvgIpc) is 2.34. The van der Waals surface area contributed by atoms with Gasteiger partial charge in [0.2, 0.25) is 11.6 Å². The molecule has 7 heteroatoms. The molecule has 2 aromatic heterocycles. The predicted molar refractivity (Wildman–Crippen MR) is 75.3 cm³/mol. The van der Waals surface area contributed by atoms with E-state index in [0.717, 1.165) is 0 Å². The van der Waals surface area contributed by atoms with E-state index in [-0.39, 0.29) is 16.7 Å². The van der Waals surface area contributed by atoms with Crippen molar-refractivity contribution in [2.75, 3.05) is 0 Å². The summed E-state index contributed by atoms with van der Waals surface area (Å²) in [6.45, 7) is 7.15. The largest absolute Gasteiger partial charge is 0.609 e. The van der Waals surface area contributed by atoms with Gasteiger partial charge in [-0.25, -0.2) is 4.79 Å². The second-order valence-corrected chi connectivity index (χ2v) is 7.46. The fraction of sp³-hybridized carbons (Fsp3) is 0.462. The SMILES string of the molecule is CCc1cc(=O)oc2nc([S+]([O-])C(C)(C)C)nc(O)c12.